The van der Waals surface area contributed by atoms with Crippen LogP contribution in [0.4, 0.5) is 11.4 Å². The van der Waals surface area contributed by atoms with E-state index in [-0.39, 0.29) is 5.91 Å². The summed E-state index contributed by atoms with van der Waals surface area (Å²) in [5, 5.41) is 4.02. The number of amides is 1. The topological polar surface area (TPSA) is 45.2 Å². The maximum absolute atomic E-state index is 12.5. The summed E-state index contributed by atoms with van der Waals surface area (Å²) in [7, 11) is 0. The molecule has 2 heterocycles. The fourth-order valence-electron chi connectivity index (χ4n) is 3.05. The normalized spacial score (nSPS) is 17.6. The molecule has 1 amide bonds. The monoisotopic (exact) mass is 343 g/mol. The van der Waals surface area contributed by atoms with E-state index in [1.165, 1.54) is 6.42 Å². The highest BCUT2D eigenvalue weighted by atomic mass is 35.5. The maximum Gasteiger partial charge on any atom is 0.272 e. The Morgan fingerprint density at radius 3 is 2.83 bits per heavy atom. The van der Waals surface area contributed by atoms with Gasteiger partial charge in [0.05, 0.1) is 11.9 Å². The SMILES string of the molecule is Cc1cc(Cl)ccc1Nc1ccc(C(=O)N2CCCC(C)C2)nc1. The van der Waals surface area contributed by atoms with E-state index in [0.717, 1.165) is 36.4 Å². The molecule has 0 spiro atoms. The van der Waals surface area contributed by atoms with Crippen LogP contribution in [0.5, 0.6) is 0 Å². The molecule has 1 N–H and O–H groups in total. The number of halogens is 1. The van der Waals surface area contributed by atoms with E-state index in [2.05, 4.69) is 17.2 Å². The van der Waals surface area contributed by atoms with Crippen molar-refractivity contribution in [1.82, 2.24) is 9.88 Å². The number of hydrogen-bond donors (Lipinski definition) is 1. The van der Waals surface area contributed by atoms with Crippen LogP contribution in [-0.4, -0.2) is 28.9 Å². The highest BCUT2D eigenvalue weighted by molar-refractivity contribution is 6.30. The van der Waals surface area contributed by atoms with Gasteiger partial charge >= 0.3 is 0 Å². The molecule has 1 saturated heterocycles. The third-order valence-corrected chi connectivity index (χ3v) is 4.63. The quantitative estimate of drug-likeness (QED) is 0.881. The molecule has 0 aliphatic carbocycles. The van der Waals surface area contributed by atoms with Crippen molar-refractivity contribution in [3.05, 3.63) is 52.8 Å². The van der Waals surface area contributed by atoms with Crippen molar-refractivity contribution in [2.24, 2.45) is 5.92 Å². The summed E-state index contributed by atoms with van der Waals surface area (Å²) in [4.78, 5) is 18.8. The average Bonchev–Trinajstić information content (AvgIpc) is 2.57. The predicted molar refractivity (Wildman–Crippen MR) is 98.0 cm³/mol. The lowest BCUT2D eigenvalue weighted by molar-refractivity contribution is 0.0677. The Morgan fingerprint density at radius 2 is 2.17 bits per heavy atom. The lowest BCUT2D eigenvalue weighted by Gasteiger charge is -2.30. The van der Waals surface area contributed by atoms with E-state index < -0.39 is 0 Å². The Hall–Kier alpha value is -2.07. The number of nitrogens with zero attached hydrogens (tertiary/aromatic N) is 2. The summed E-state index contributed by atoms with van der Waals surface area (Å²) in [6.07, 6.45) is 3.97. The van der Waals surface area contributed by atoms with Crippen molar-refractivity contribution in [3.8, 4) is 0 Å². The van der Waals surface area contributed by atoms with Crippen LogP contribution in [0.15, 0.2) is 36.5 Å². The molecule has 126 valence electrons. The molecule has 1 unspecified atom stereocenters. The van der Waals surface area contributed by atoms with Crippen LogP contribution in [0.25, 0.3) is 0 Å². The summed E-state index contributed by atoms with van der Waals surface area (Å²) < 4.78 is 0. The van der Waals surface area contributed by atoms with E-state index in [1.807, 2.05) is 36.1 Å². The fourth-order valence-corrected chi connectivity index (χ4v) is 3.28. The van der Waals surface area contributed by atoms with E-state index >= 15 is 0 Å². The third kappa shape index (κ3) is 3.88. The largest absolute Gasteiger partial charge is 0.354 e. The average molecular weight is 344 g/mol. The second-order valence-corrected chi connectivity index (χ2v) is 6.95. The first-order chi connectivity index (χ1) is 11.5. The van der Waals surface area contributed by atoms with Gasteiger partial charge in [0, 0.05) is 23.8 Å². The van der Waals surface area contributed by atoms with Crippen LogP contribution in [0.1, 0.15) is 35.8 Å². The first-order valence-electron chi connectivity index (χ1n) is 8.31. The van der Waals surface area contributed by atoms with Gasteiger partial charge in [-0.15, -0.1) is 0 Å². The Balaban J connectivity index is 1.69. The van der Waals surface area contributed by atoms with Gasteiger partial charge < -0.3 is 10.2 Å². The minimum atomic E-state index is 0.0239. The summed E-state index contributed by atoms with van der Waals surface area (Å²) >= 11 is 5.98. The van der Waals surface area contributed by atoms with Crippen molar-refractivity contribution in [1.29, 1.82) is 0 Å². The lowest BCUT2D eigenvalue weighted by atomic mass is 10.00. The van der Waals surface area contributed by atoms with Crippen LogP contribution in [0, 0.1) is 12.8 Å². The zero-order chi connectivity index (χ0) is 17.1. The van der Waals surface area contributed by atoms with Gasteiger partial charge in [0.2, 0.25) is 0 Å². The van der Waals surface area contributed by atoms with Crippen molar-refractivity contribution in [2.75, 3.05) is 18.4 Å². The molecule has 1 aromatic heterocycles. The molecule has 1 aromatic carbocycles. The molecular weight excluding hydrogens is 322 g/mol. The van der Waals surface area contributed by atoms with Crippen LogP contribution < -0.4 is 5.32 Å². The smallest absolute Gasteiger partial charge is 0.272 e. The third-order valence-electron chi connectivity index (χ3n) is 4.39. The Labute approximate surface area is 147 Å². The van der Waals surface area contributed by atoms with E-state index in [9.17, 15) is 4.79 Å². The number of likely N-dealkylation sites (tertiary alicyclic amines) is 1. The molecule has 0 bridgehead atoms. The van der Waals surface area contributed by atoms with Gasteiger partial charge in [0.25, 0.3) is 5.91 Å². The summed E-state index contributed by atoms with van der Waals surface area (Å²) in [6.45, 7) is 5.84. The summed E-state index contributed by atoms with van der Waals surface area (Å²) in [5.74, 6) is 0.590. The second kappa shape index (κ2) is 7.22. The van der Waals surface area contributed by atoms with Gasteiger partial charge in [-0.05, 0) is 61.6 Å². The Morgan fingerprint density at radius 1 is 1.33 bits per heavy atom. The number of aryl methyl sites for hydroxylation is 1. The van der Waals surface area contributed by atoms with Crippen LogP contribution in [0.3, 0.4) is 0 Å². The molecule has 4 nitrogen and oxygen atoms in total. The highest BCUT2D eigenvalue weighted by Crippen LogP contribution is 2.23. The van der Waals surface area contributed by atoms with Gasteiger partial charge in [-0.25, -0.2) is 4.98 Å². The molecule has 1 aliphatic rings. The molecule has 1 atom stereocenters. The number of hydrogen-bond acceptors (Lipinski definition) is 3. The van der Waals surface area contributed by atoms with Gasteiger partial charge in [0.1, 0.15) is 5.69 Å². The van der Waals surface area contributed by atoms with Crippen LogP contribution in [-0.2, 0) is 0 Å². The van der Waals surface area contributed by atoms with Gasteiger partial charge in [-0.2, -0.15) is 0 Å². The molecular formula is C19H22ClN3O. The van der Waals surface area contributed by atoms with E-state index in [4.69, 9.17) is 11.6 Å². The summed E-state index contributed by atoms with van der Waals surface area (Å²) in [5.41, 5.74) is 3.39. The molecule has 2 aromatic rings. The number of piperidine rings is 1. The van der Waals surface area contributed by atoms with Crippen LogP contribution >= 0.6 is 11.6 Å². The molecule has 0 radical (unpaired) electrons. The van der Waals surface area contributed by atoms with Gasteiger partial charge in [0.15, 0.2) is 0 Å². The number of aromatic nitrogens is 1. The number of benzene rings is 1. The highest BCUT2D eigenvalue weighted by Gasteiger charge is 2.22. The Bertz CT molecular complexity index is 730. The van der Waals surface area contributed by atoms with Crippen LogP contribution in [0.2, 0.25) is 5.02 Å². The number of pyridine rings is 1. The van der Waals surface area contributed by atoms with Crippen molar-refractivity contribution in [3.63, 3.8) is 0 Å². The number of carbonyl (C=O) groups excluding carboxylic acids is 1. The number of rotatable bonds is 3. The lowest BCUT2D eigenvalue weighted by Crippen LogP contribution is -2.39. The fraction of sp³-hybridized carbons (Fsp3) is 0.368. The number of anilines is 2. The minimum absolute atomic E-state index is 0.0239. The zero-order valence-corrected chi connectivity index (χ0v) is 14.8. The Kier molecular flexibility index (Phi) is 5.05. The molecule has 3 rings (SSSR count). The van der Waals surface area contributed by atoms with E-state index in [1.54, 1.807) is 12.3 Å². The molecule has 5 heteroatoms. The first-order valence-corrected chi connectivity index (χ1v) is 8.69. The number of carbonyl (C=O) groups is 1. The molecule has 0 saturated carbocycles. The van der Waals surface area contributed by atoms with Gasteiger partial charge in [-0.3, -0.25) is 4.79 Å². The van der Waals surface area contributed by atoms with Crippen molar-refractivity contribution >= 4 is 28.9 Å². The predicted octanol–water partition coefficient (Wildman–Crippen LogP) is 4.66. The summed E-state index contributed by atoms with van der Waals surface area (Å²) in [6, 6.07) is 9.37. The first kappa shape index (κ1) is 16.8. The maximum atomic E-state index is 12.5. The standard InChI is InChI=1S/C19H22ClN3O/c1-13-4-3-9-23(12-13)19(24)18-8-6-16(11-21-18)22-17-7-5-15(20)10-14(17)2/h5-8,10-11,13,22H,3-4,9,12H2,1-2H3. The van der Waals surface area contributed by atoms with Crippen molar-refractivity contribution < 1.29 is 4.79 Å². The molecule has 24 heavy (non-hydrogen) atoms. The zero-order valence-electron chi connectivity index (χ0n) is 14.1. The number of nitrogens with one attached hydrogen (secondary N) is 1. The second-order valence-electron chi connectivity index (χ2n) is 6.51. The van der Waals surface area contributed by atoms with E-state index in [0.29, 0.717) is 16.6 Å². The molecule has 1 aliphatic heterocycles. The van der Waals surface area contributed by atoms with Crippen molar-refractivity contribution in [2.45, 2.75) is 26.7 Å². The van der Waals surface area contributed by atoms with Gasteiger partial charge in [-0.1, -0.05) is 18.5 Å². The molecule has 1 fully saturated rings. The minimum Gasteiger partial charge on any atom is -0.354 e.